The summed E-state index contributed by atoms with van der Waals surface area (Å²) in [5.41, 5.74) is 2.03. The molecule has 0 aliphatic carbocycles. The van der Waals surface area contributed by atoms with Gasteiger partial charge in [-0.05, 0) is 36.0 Å². The fourth-order valence-electron chi connectivity index (χ4n) is 3.12. The van der Waals surface area contributed by atoms with Crippen LogP contribution >= 0.6 is 0 Å². The fourth-order valence-corrected chi connectivity index (χ4v) is 3.12. The Morgan fingerprint density at radius 1 is 1.40 bits per heavy atom. The Kier molecular flexibility index (Phi) is 5.48. The molecule has 1 N–H and O–H groups in total. The molecule has 0 unspecified atom stereocenters. The first-order valence-corrected chi connectivity index (χ1v) is 8.42. The average molecular weight is 355 g/mol. The van der Waals surface area contributed by atoms with E-state index in [1.807, 2.05) is 6.07 Å². The van der Waals surface area contributed by atoms with Gasteiger partial charge in [-0.1, -0.05) is 0 Å². The lowest BCUT2D eigenvalue weighted by Crippen LogP contribution is -2.50. The van der Waals surface area contributed by atoms with Crippen LogP contribution in [0.25, 0.3) is 0 Å². The highest BCUT2D eigenvalue weighted by molar-refractivity contribution is 5.74. The normalized spacial score (nSPS) is 25.1. The number of urea groups is 1. The van der Waals surface area contributed by atoms with Crippen molar-refractivity contribution in [3.05, 3.63) is 29.6 Å². The van der Waals surface area contributed by atoms with Gasteiger partial charge < -0.3 is 19.7 Å². The van der Waals surface area contributed by atoms with Crippen molar-refractivity contribution in [2.24, 2.45) is 5.92 Å². The number of nitrogens with zero attached hydrogens (tertiary/aromatic N) is 2. The van der Waals surface area contributed by atoms with Gasteiger partial charge in [0.25, 0.3) is 5.92 Å². The van der Waals surface area contributed by atoms with Gasteiger partial charge in [-0.3, -0.25) is 4.98 Å². The van der Waals surface area contributed by atoms with Crippen LogP contribution in [0.3, 0.4) is 0 Å². The van der Waals surface area contributed by atoms with Crippen LogP contribution in [-0.2, 0) is 22.4 Å². The van der Waals surface area contributed by atoms with Gasteiger partial charge in [0.05, 0.1) is 6.61 Å². The van der Waals surface area contributed by atoms with E-state index in [0.717, 1.165) is 37.2 Å². The van der Waals surface area contributed by atoms with Gasteiger partial charge in [-0.2, -0.15) is 0 Å². The maximum absolute atomic E-state index is 13.6. The SMILES string of the molecule is CN(Cc1ccncc1C[C@@H]1CCOC1)C(=O)N[C@@H]1COCC1(F)F. The highest BCUT2D eigenvalue weighted by atomic mass is 19.3. The van der Waals surface area contributed by atoms with Gasteiger partial charge in [0.15, 0.2) is 0 Å². The van der Waals surface area contributed by atoms with Crippen LogP contribution in [0.5, 0.6) is 0 Å². The third-order valence-corrected chi connectivity index (χ3v) is 4.68. The Labute approximate surface area is 145 Å². The van der Waals surface area contributed by atoms with Gasteiger partial charge in [0.2, 0.25) is 0 Å². The quantitative estimate of drug-likeness (QED) is 0.875. The van der Waals surface area contributed by atoms with Crippen molar-refractivity contribution in [3.63, 3.8) is 0 Å². The van der Waals surface area contributed by atoms with E-state index in [2.05, 4.69) is 10.3 Å². The summed E-state index contributed by atoms with van der Waals surface area (Å²) >= 11 is 0. The average Bonchev–Trinajstić information content (AvgIpc) is 3.19. The highest BCUT2D eigenvalue weighted by Gasteiger charge is 2.46. The third kappa shape index (κ3) is 4.43. The number of ether oxygens (including phenoxy) is 2. The number of hydrogen-bond acceptors (Lipinski definition) is 4. The first-order valence-electron chi connectivity index (χ1n) is 8.42. The van der Waals surface area contributed by atoms with Crippen molar-refractivity contribution >= 4 is 6.03 Å². The number of rotatable bonds is 5. The second kappa shape index (κ2) is 7.61. The number of hydrogen-bond donors (Lipinski definition) is 1. The molecule has 2 atom stereocenters. The molecular weight excluding hydrogens is 332 g/mol. The van der Waals surface area contributed by atoms with E-state index in [9.17, 15) is 13.6 Å². The highest BCUT2D eigenvalue weighted by Crippen LogP contribution is 2.25. The molecule has 1 aromatic heterocycles. The summed E-state index contributed by atoms with van der Waals surface area (Å²) in [5.74, 6) is -2.57. The molecule has 2 saturated heterocycles. The number of aromatic nitrogens is 1. The molecule has 0 aromatic carbocycles. The molecule has 138 valence electrons. The van der Waals surface area contributed by atoms with Crippen molar-refractivity contribution in [1.82, 2.24) is 15.2 Å². The Hall–Kier alpha value is -1.80. The minimum absolute atomic E-state index is 0.172. The van der Waals surface area contributed by atoms with Gasteiger partial charge in [0.1, 0.15) is 12.6 Å². The van der Waals surface area contributed by atoms with Gasteiger partial charge in [-0.15, -0.1) is 0 Å². The number of carbonyl (C=O) groups excluding carboxylic acids is 1. The first-order chi connectivity index (χ1) is 12.0. The lowest BCUT2D eigenvalue weighted by molar-refractivity contribution is -0.0222. The Morgan fingerprint density at radius 2 is 2.24 bits per heavy atom. The van der Waals surface area contributed by atoms with Crippen molar-refractivity contribution in [1.29, 1.82) is 0 Å². The van der Waals surface area contributed by atoms with Crippen LogP contribution < -0.4 is 5.32 Å². The summed E-state index contributed by atoms with van der Waals surface area (Å²) in [7, 11) is 1.59. The monoisotopic (exact) mass is 355 g/mol. The Morgan fingerprint density at radius 3 is 2.92 bits per heavy atom. The summed E-state index contributed by atoms with van der Waals surface area (Å²) < 4.78 is 37.3. The second-order valence-electron chi connectivity index (χ2n) is 6.71. The molecule has 3 heterocycles. The molecule has 0 bridgehead atoms. The van der Waals surface area contributed by atoms with E-state index in [4.69, 9.17) is 9.47 Å². The number of pyridine rings is 1. The van der Waals surface area contributed by atoms with Gasteiger partial charge >= 0.3 is 6.03 Å². The third-order valence-electron chi connectivity index (χ3n) is 4.68. The molecule has 6 nitrogen and oxygen atoms in total. The van der Waals surface area contributed by atoms with E-state index < -0.39 is 24.6 Å². The van der Waals surface area contributed by atoms with E-state index in [0.29, 0.717) is 12.5 Å². The topological polar surface area (TPSA) is 63.7 Å². The zero-order chi connectivity index (χ0) is 17.9. The summed E-state index contributed by atoms with van der Waals surface area (Å²) in [4.78, 5) is 17.8. The van der Waals surface area contributed by atoms with Crippen molar-refractivity contribution in [2.45, 2.75) is 31.4 Å². The van der Waals surface area contributed by atoms with Gasteiger partial charge in [0, 0.05) is 39.2 Å². The van der Waals surface area contributed by atoms with Crippen LogP contribution in [-0.4, -0.2) is 61.4 Å². The summed E-state index contributed by atoms with van der Waals surface area (Å²) in [6.07, 6.45) is 5.33. The van der Waals surface area contributed by atoms with E-state index >= 15 is 0 Å². The minimum atomic E-state index is -3.03. The molecule has 8 heteroatoms. The molecule has 3 rings (SSSR count). The zero-order valence-electron chi connectivity index (χ0n) is 14.2. The lowest BCUT2D eigenvalue weighted by atomic mass is 9.96. The van der Waals surface area contributed by atoms with Crippen LogP contribution in [0.2, 0.25) is 0 Å². The maximum Gasteiger partial charge on any atom is 0.317 e. The molecule has 2 amide bonds. The Balaban J connectivity index is 1.60. The molecule has 0 saturated carbocycles. The van der Waals surface area contributed by atoms with E-state index in [1.54, 1.807) is 19.4 Å². The number of alkyl halides is 2. The van der Waals surface area contributed by atoms with Crippen LogP contribution in [0.15, 0.2) is 18.5 Å². The lowest BCUT2D eigenvalue weighted by Gasteiger charge is -2.24. The molecule has 2 aliphatic heterocycles. The number of carbonyl (C=O) groups is 1. The number of nitrogens with one attached hydrogen (secondary N) is 1. The second-order valence-corrected chi connectivity index (χ2v) is 6.71. The standard InChI is InChI=1S/C17H23F2N3O3/c1-22(16(23)21-15-10-25-11-17(15,18)19)8-13-2-4-20-7-14(13)6-12-3-5-24-9-12/h2,4,7,12,15H,3,5-6,8-11H2,1H3,(H,21,23)/t12-,15+/m0/s1. The predicted molar refractivity (Wildman–Crippen MR) is 86.4 cm³/mol. The molecule has 0 spiro atoms. The smallest absolute Gasteiger partial charge is 0.317 e. The summed E-state index contributed by atoms with van der Waals surface area (Å²) in [6, 6.07) is 0.0412. The number of halogens is 2. The fraction of sp³-hybridized carbons (Fsp3) is 0.647. The molecule has 2 fully saturated rings. The first kappa shape index (κ1) is 18.0. The minimum Gasteiger partial charge on any atom is -0.381 e. The largest absolute Gasteiger partial charge is 0.381 e. The summed E-state index contributed by atoms with van der Waals surface area (Å²) in [6.45, 7) is 1.02. The van der Waals surface area contributed by atoms with Gasteiger partial charge in [-0.25, -0.2) is 13.6 Å². The molecule has 0 radical (unpaired) electrons. The number of amides is 2. The van der Waals surface area contributed by atoms with E-state index in [1.165, 1.54) is 4.90 Å². The molecule has 25 heavy (non-hydrogen) atoms. The summed E-state index contributed by atoms with van der Waals surface area (Å²) in [5, 5.41) is 2.36. The zero-order valence-corrected chi connectivity index (χ0v) is 14.2. The van der Waals surface area contributed by atoms with Crippen molar-refractivity contribution in [3.8, 4) is 0 Å². The maximum atomic E-state index is 13.6. The predicted octanol–water partition coefficient (Wildman–Crippen LogP) is 1.84. The molecule has 1 aromatic rings. The van der Waals surface area contributed by atoms with Crippen LogP contribution in [0.1, 0.15) is 17.5 Å². The molecule has 2 aliphatic rings. The van der Waals surface area contributed by atoms with Crippen molar-refractivity contribution in [2.75, 3.05) is 33.5 Å². The van der Waals surface area contributed by atoms with E-state index in [-0.39, 0.29) is 6.61 Å². The van der Waals surface area contributed by atoms with Crippen molar-refractivity contribution < 1.29 is 23.0 Å². The Bertz CT molecular complexity index is 609. The molecular formula is C17H23F2N3O3. The van der Waals surface area contributed by atoms with Crippen LogP contribution in [0, 0.1) is 5.92 Å². The van der Waals surface area contributed by atoms with Crippen LogP contribution in [0.4, 0.5) is 13.6 Å².